The molecule has 0 radical (unpaired) electrons. The Bertz CT molecular complexity index is 976. The molecule has 158 valence electrons. The lowest BCUT2D eigenvalue weighted by Crippen LogP contribution is -2.96. The fourth-order valence-electron chi connectivity index (χ4n) is 3.28. The van der Waals surface area contributed by atoms with Crippen LogP contribution in [0.1, 0.15) is 29.3 Å². The Balaban J connectivity index is 2.11. The van der Waals surface area contributed by atoms with Crippen LogP contribution in [0.2, 0.25) is 0 Å². The Morgan fingerprint density at radius 1 is 1.13 bits per heavy atom. The van der Waals surface area contributed by atoms with Crippen LogP contribution in [-0.2, 0) is 4.79 Å². The fraction of sp³-hybridized carbons (Fsp3) is 0.286. The van der Waals surface area contributed by atoms with Gasteiger partial charge in [-0.05, 0) is 30.7 Å². The first-order chi connectivity index (χ1) is 14.2. The summed E-state index contributed by atoms with van der Waals surface area (Å²) in [7, 11) is 1.30. The molecule has 9 heteroatoms. The molecule has 1 atom stereocenters. The molecule has 0 aromatic heterocycles. The molecule has 6 nitrogen and oxygen atoms in total. The first-order valence-electron chi connectivity index (χ1n) is 9.30. The highest BCUT2D eigenvalue weighted by Crippen LogP contribution is 2.30. The number of benzene rings is 2. The van der Waals surface area contributed by atoms with E-state index in [2.05, 4.69) is 4.99 Å². The standard InChI is InChI=1S/C21H20F3N3O3/c1-3-13-27-17(14-9-5-4-6-10-14)25-20(19(27)29,21(22,23)24)26-18(28)15-11-7-8-12-16(15)30-2/h4-12H,3,13H2,1-2H3,(H,26,28)/p+1/t20-/m0/s1. The average molecular weight is 420 g/mol. The van der Waals surface area contributed by atoms with E-state index in [0.29, 0.717) is 12.0 Å². The minimum absolute atomic E-state index is 0.0138. The molecule has 2 aromatic rings. The van der Waals surface area contributed by atoms with Crippen molar-refractivity contribution in [1.82, 2.24) is 10.2 Å². The molecule has 2 aromatic carbocycles. The van der Waals surface area contributed by atoms with E-state index in [1.165, 1.54) is 25.3 Å². The van der Waals surface area contributed by atoms with Crippen LogP contribution in [0.5, 0.6) is 5.75 Å². The highest BCUT2D eigenvalue weighted by atomic mass is 19.4. The second kappa shape index (κ2) is 8.17. The summed E-state index contributed by atoms with van der Waals surface area (Å²) in [4.78, 5) is 29.1. The normalized spacial score (nSPS) is 18.9. The third-order valence-electron chi connectivity index (χ3n) is 4.71. The topological polar surface area (TPSA) is 72.6 Å². The van der Waals surface area contributed by atoms with Crippen LogP contribution in [0.3, 0.4) is 0 Å². The summed E-state index contributed by atoms with van der Waals surface area (Å²) in [5.74, 6) is -2.30. The molecule has 0 fully saturated rings. The summed E-state index contributed by atoms with van der Waals surface area (Å²) in [6.07, 6.45) is -4.68. The van der Waals surface area contributed by atoms with Crippen LogP contribution < -0.4 is 15.0 Å². The van der Waals surface area contributed by atoms with E-state index < -0.39 is 23.7 Å². The number of hydrogen-bond donors (Lipinski definition) is 2. The first-order valence-corrected chi connectivity index (χ1v) is 9.30. The van der Waals surface area contributed by atoms with Gasteiger partial charge in [-0.3, -0.25) is 10.1 Å². The number of ether oxygens (including phenoxy) is 1. The van der Waals surface area contributed by atoms with Crippen molar-refractivity contribution in [2.24, 2.45) is 0 Å². The number of carbonyl (C=O) groups excluding carboxylic acids is 2. The maximum Gasteiger partial charge on any atom is 0.465 e. The van der Waals surface area contributed by atoms with Gasteiger partial charge in [0.15, 0.2) is 0 Å². The fourth-order valence-corrected chi connectivity index (χ4v) is 3.28. The lowest BCUT2D eigenvalue weighted by atomic mass is 10.1. The maximum absolute atomic E-state index is 14.3. The van der Waals surface area contributed by atoms with Crippen LogP contribution in [-0.4, -0.2) is 48.0 Å². The van der Waals surface area contributed by atoms with Gasteiger partial charge in [-0.2, -0.15) is 18.1 Å². The van der Waals surface area contributed by atoms with E-state index in [4.69, 9.17) is 4.74 Å². The van der Waals surface area contributed by atoms with Crippen molar-refractivity contribution in [1.29, 1.82) is 0 Å². The lowest BCUT2D eigenvalue weighted by molar-refractivity contribution is -0.580. The van der Waals surface area contributed by atoms with E-state index >= 15 is 0 Å². The average Bonchev–Trinajstić information content (AvgIpc) is 3.02. The Morgan fingerprint density at radius 3 is 2.37 bits per heavy atom. The molecule has 0 aliphatic carbocycles. The van der Waals surface area contributed by atoms with E-state index in [1.807, 2.05) is 5.32 Å². The van der Waals surface area contributed by atoms with Gasteiger partial charge in [0.05, 0.1) is 24.8 Å². The molecular weight excluding hydrogens is 399 g/mol. The van der Waals surface area contributed by atoms with Crippen molar-refractivity contribution in [3.8, 4) is 5.75 Å². The first kappa shape index (κ1) is 21.4. The molecule has 0 spiro atoms. The highest BCUT2D eigenvalue weighted by molar-refractivity contribution is 6.12. The third kappa shape index (κ3) is 3.62. The van der Waals surface area contributed by atoms with Crippen molar-refractivity contribution in [2.75, 3.05) is 13.7 Å². The minimum Gasteiger partial charge on any atom is -0.496 e. The zero-order valence-corrected chi connectivity index (χ0v) is 16.4. The summed E-state index contributed by atoms with van der Waals surface area (Å²) in [6.45, 7) is 1.80. The van der Waals surface area contributed by atoms with Gasteiger partial charge in [-0.25, -0.2) is 9.79 Å². The molecule has 1 aliphatic rings. The SMILES string of the molecule is CCCN1C(=O)[C@](NC(=O)c2ccccc2OC)(C(F)(F)F)[NH+]=C1c1ccccc1. The minimum atomic E-state index is -5.11. The van der Waals surface area contributed by atoms with Crippen LogP contribution in [0, 0.1) is 0 Å². The second-order valence-corrected chi connectivity index (χ2v) is 6.70. The molecule has 2 amide bonds. The Morgan fingerprint density at radius 2 is 1.77 bits per heavy atom. The van der Waals surface area contributed by atoms with Crippen LogP contribution in [0.25, 0.3) is 0 Å². The number of nitrogens with one attached hydrogen (secondary N) is 2. The van der Waals surface area contributed by atoms with Gasteiger partial charge >= 0.3 is 17.7 Å². The Hall–Kier alpha value is -3.36. The maximum atomic E-state index is 14.3. The molecule has 30 heavy (non-hydrogen) atoms. The number of methoxy groups -OCH3 is 1. The molecule has 1 heterocycles. The van der Waals surface area contributed by atoms with Gasteiger partial charge in [0.25, 0.3) is 11.7 Å². The van der Waals surface area contributed by atoms with Gasteiger partial charge in [0.1, 0.15) is 5.75 Å². The van der Waals surface area contributed by atoms with E-state index in [-0.39, 0.29) is 23.7 Å². The van der Waals surface area contributed by atoms with Crippen molar-refractivity contribution in [2.45, 2.75) is 25.2 Å². The monoisotopic (exact) mass is 420 g/mol. The largest absolute Gasteiger partial charge is 0.496 e. The quantitative estimate of drug-likeness (QED) is 0.744. The molecule has 0 saturated heterocycles. The van der Waals surface area contributed by atoms with Crippen molar-refractivity contribution in [3.63, 3.8) is 0 Å². The van der Waals surface area contributed by atoms with Gasteiger partial charge in [0.2, 0.25) is 0 Å². The molecule has 2 N–H and O–H groups in total. The number of amidine groups is 1. The number of amides is 2. The number of halogens is 3. The van der Waals surface area contributed by atoms with Crippen LogP contribution >= 0.6 is 0 Å². The summed E-state index contributed by atoms with van der Waals surface area (Å²) >= 11 is 0. The smallest absolute Gasteiger partial charge is 0.465 e. The molecule has 0 bridgehead atoms. The van der Waals surface area contributed by atoms with Crippen molar-refractivity contribution < 1.29 is 32.5 Å². The molecule has 1 aliphatic heterocycles. The van der Waals surface area contributed by atoms with E-state index in [9.17, 15) is 22.8 Å². The third-order valence-corrected chi connectivity index (χ3v) is 4.71. The van der Waals surface area contributed by atoms with E-state index in [1.54, 1.807) is 43.3 Å². The lowest BCUT2D eigenvalue weighted by Gasteiger charge is -2.25. The summed E-state index contributed by atoms with van der Waals surface area (Å²) < 4.78 is 47.8. The number of para-hydroxylation sites is 1. The predicted octanol–water partition coefficient (Wildman–Crippen LogP) is 1.46. The van der Waals surface area contributed by atoms with Gasteiger partial charge < -0.3 is 4.74 Å². The molecule has 0 unspecified atom stereocenters. The summed E-state index contributed by atoms with van der Waals surface area (Å²) in [6, 6.07) is 14.0. The molecule has 0 saturated carbocycles. The number of alkyl halides is 3. The van der Waals surface area contributed by atoms with E-state index in [0.717, 1.165) is 4.90 Å². The van der Waals surface area contributed by atoms with Crippen LogP contribution in [0.15, 0.2) is 54.6 Å². The molecule has 3 rings (SSSR count). The number of carbonyl (C=O) groups is 2. The zero-order chi connectivity index (χ0) is 21.9. The highest BCUT2D eigenvalue weighted by Gasteiger charge is 2.72. The number of rotatable bonds is 6. The molecular formula is C21H21F3N3O3+. The van der Waals surface area contributed by atoms with Gasteiger partial charge in [-0.15, -0.1) is 0 Å². The van der Waals surface area contributed by atoms with Crippen LogP contribution in [0.4, 0.5) is 13.2 Å². The zero-order valence-electron chi connectivity index (χ0n) is 16.4. The van der Waals surface area contributed by atoms with Crippen molar-refractivity contribution in [3.05, 3.63) is 65.7 Å². The predicted molar refractivity (Wildman–Crippen MR) is 103 cm³/mol. The Labute approximate surface area is 171 Å². The second-order valence-electron chi connectivity index (χ2n) is 6.70. The number of nitrogens with zero attached hydrogens (tertiary/aromatic N) is 1. The van der Waals surface area contributed by atoms with Gasteiger partial charge in [0, 0.05) is 0 Å². The van der Waals surface area contributed by atoms with Gasteiger partial charge in [-0.1, -0.05) is 37.3 Å². The summed E-state index contributed by atoms with van der Waals surface area (Å²) in [5, 5.41) is 1.89. The Kier molecular flexibility index (Phi) is 5.82. The summed E-state index contributed by atoms with van der Waals surface area (Å²) in [5.41, 5.74) is -3.02. The van der Waals surface area contributed by atoms with Crippen molar-refractivity contribution >= 4 is 17.6 Å². The number of hydrogen-bond acceptors (Lipinski definition) is 3.